The summed E-state index contributed by atoms with van der Waals surface area (Å²) in [5.74, 6) is 1.47. The smallest absolute Gasteiger partial charge is 0.0944 e. The molecule has 0 amide bonds. The van der Waals surface area contributed by atoms with Crippen LogP contribution in [0.4, 0.5) is 0 Å². The van der Waals surface area contributed by atoms with Gasteiger partial charge in [0.25, 0.3) is 0 Å². The Morgan fingerprint density at radius 3 is 2.83 bits per heavy atom. The van der Waals surface area contributed by atoms with Gasteiger partial charge in [0.2, 0.25) is 0 Å². The molecule has 1 aliphatic carbocycles. The van der Waals surface area contributed by atoms with E-state index in [2.05, 4.69) is 4.99 Å². The third-order valence-electron chi connectivity index (χ3n) is 2.42. The highest BCUT2D eigenvalue weighted by molar-refractivity contribution is 5.80. The quantitative estimate of drug-likeness (QED) is 0.503. The molecule has 0 bridgehead atoms. The van der Waals surface area contributed by atoms with Gasteiger partial charge in [-0.05, 0) is 25.2 Å². The zero-order chi connectivity index (χ0) is 8.39. The molecule has 0 spiro atoms. The van der Waals surface area contributed by atoms with E-state index in [4.69, 9.17) is 10.5 Å². The number of nitrogens with two attached hydrogens (primary N) is 1. The molecule has 1 atom stereocenters. The molecule has 0 radical (unpaired) electrons. The van der Waals surface area contributed by atoms with Gasteiger partial charge in [-0.3, -0.25) is 4.99 Å². The molecule has 2 N–H and O–H groups in total. The summed E-state index contributed by atoms with van der Waals surface area (Å²) in [6, 6.07) is 0.562. The topological polar surface area (TPSA) is 47.6 Å². The van der Waals surface area contributed by atoms with Crippen molar-refractivity contribution in [1.82, 2.24) is 0 Å². The average Bonchev–Trinajstić information content (AvgIpc) is 2.66. The number of amidine groups is 1. The van der Waals surface area contributed by atoms with Crippen molar-refractivity contribution in [3.8, 4) is 0 Å². The van der Waals surface area contributed by atoms with Gasteiger partial charge in [-0.25, -0.2) is 0 Å². The van der Waals surface area contributed by atoms with Crippen LogP contribution in [0, 0.1) is 5.92 Å². The van der Waals surface area contributed by atoms with E-state index < -0.39 is 0 Å². The highest BCUT2D eigenvalue weighted by atomic mass is 16.5. The van der Waals surface area contributed by atoms with E-state index in [1.165, 1.54) is 12.8 Å². The maximum atomic E-state index is 5.79. The molecular weight excluding hydrogens is 152 g/mol. The van der Waals surface area contributed by atoms with Gasteiger partial charge in [0.05, 0.1) is 11.9 Å². The predicted octanol–water partition coefficient (Wildman–Crippen LogP) is 0.933. The van der Waals surface area contributed by atoms with E-state index in [1.54, 1.807) is 0 Å². The highest BCUT2D eigenvalue weighted by Gasteiger charge is 2.22. The number of ether oxygens (including phenoxy) is 1. The number of hydrogen-bond donors (Lipinski definition) is 1. The molecule has 3 heteroatoms. The minimum absolute atomic E-state index is 0.562. The Morgan fingerprint density at radius 2 is 2.25 bits per heavy atom. The molecule has 1 saturated heterocycles. The van der Waals surface area contributed by atoms with Crippen molar-refractivity contribution in [2.45, 2.75) is 31.7 Å². The van der Waals surface area contributed by atoms with E-state index in [0.29, 0.717) is 12.0 Å². The van der Waals surface area contributed by atoms with Crippen molar-refractivity contribution in [2.24, 2.45) is 16.6 Å². The molecule has 12 heavy (non-hydrogen) atoms. The number of aliphatic imine (C=N–C) groups is 1. The van der Waals surface area contributed by atoms with Gasteiger partial charge in [0, 0.05) is 19.6 Å². The zero-order valence-corrected chi connectivity index (χ0v) is 7.33. The molecule has 2 aliphatic rings. The predicted molar refractivity (Wildman–Crippen MR) is 48.2 cm³/mol. The first kappa shape index (κ1) is 8.05. The summed E-state index contributed by atoms with van der Waals surface area (Å²) in [5.41, 5.74) is 5.79. The Bertz CT molecular complexity index is 181. The Kier molecular flexibility index (Phi) is 2.30. The van der Waals surface area contributed by atoms with Crippen LogP contribution in [0.1, 0.15) is 25.7 Å². The van der Waals surface area contributed by atoms with Crippen LogP contribution in [0.25, 0.3) is 0 Å². The summed E-state index contributed by atoms with van der Waals surface area (Å²) in [6.45, 7) is 1.78. The largest absolute Gasteiger partial charge is 0.387 e. The zero-order valence-electron chi connectivity index (χ0n) is 7.33. The minimum Gasteiger partial charge on any atom is -0.387 e. The molecule has 1 heterocycles. The third kappa shape index (κ3) is 2.21. The second kappa shape index (κ2) is 3.44. The Morgan fingerprint density at radius 1 is 1.42 bits per heavy atom. The number of hydrogen-bond acceptors (Lipinski definition) is 2. The van der Waals surface area contributed by atoms with Crippen LogP contribution < -0.4 is 5.73 Å². The van der Waals surface area contributed by atoms with E-state index in [0.717, 1.165) is 31.9 Å². The van der Waals surface area contributed by atoms with Gasteiger partial charge in [-0.15, -0.1) is 0 Å². The molecule has 3 nitrogen and oxygen atoms in total. The van der Waals surface area contributed by atoms with Gasteiger partial charge < -0.3 is 10.5 Å². The molecule has 0 aromatic heterocycles. The highest BCUT2D eigenvalue weighted by Crippen LogP contribution is 2.24. The molecule has 0 aromatic carbocycles. The summed E-state index contributed by atoms with van der Waals surface area (Å²) < 4.78 is 5.27. The maximum Gasteiger partial charge on any atom is 0.0944 e. The van der Waals surface area contributed by atoms with E-state index >= 15 is 0 Å². The molecule has 1 saturated carbocycles. The molecule has 2 rings (SSSR count). The van der Waals surface area contributed by atoms with Crippen molar-refractivity contribution >= 4 is 5.84 Å². The fraction of sp³-hybridized carbons (Fsp3) is 0.889. The lowest BCUT2D eigenvalue weighted by atomic mass is 10.0. The van der Waals surface area contributed by atoms with Gasteiger partial charge in [-0.1, -0.05) is 0 Å². The first-order valence-electron chi connectivity index (χ1n) is 4.74. The molecule has 68 valence electrons. The van der Waals surface area contributed by atoms with E-state index in [-0.39, 0.29) is 0 Å². The lowest BCUT2D eigenvalue weighted by Gasteiger charge is -2.05. The fourth-order valence-corrected chi connectivity index (χ4v) is 1.53. The lowest BCUT2D eigenvalue weighted by molar-refractivity contribution is 0.187. The van der Waals surface area contributed by atoms with Crippen LogP contribution in [0.15, 0.2) is 4.99 Å². The Labute approximate surface area is 73.0 Å². The van der Waals surface area contributed by atoms with Crippen molar-refractivity contribution in [3.63, 3.8) is 0 Å². The molecule has 0 aromatic rings. The first-order chi connectivity index (χ1) is 5.84. The summed E-state index contributed by atoms with van der Waals surface area (Å²) in [5, 5.41) is 0. The van der Waals surface area contributed by atoms with Crippen LogP contribution in [0.3, 0.4) is 0 Å². The second-order valence-corrected chi connectivity index (χ2v) is 3.79. The second-order valence-electron chi connectivity index (χ2n) is 3.79. The van der Waals surface area contributed by atoms with Gasteiger partial charge in [-0.2, -0.15) is 0 Å². The monoisotopic (exact) mass is 168 g/mol. The van der Waals surface area contributed by atoms with Gasteiger partial charge in [0.1, 0.15) is 0 Å². The molecule has 1 unspecified atom stereocenters. The molecule has 2 fully saturated rings. The molecule has 1 aliphatic heterocycles. The van der Waals surface area contributed by atoms with Crippen LogP contribution >= 0.6 is 0 Å². The van der Waals surface area contributed by atoms with Crippen molar-refractivity contribution in [1.29, 1.82) is 0 Å². The minimum atomic E-state index is 0.562. The van der Waals surface area contributed by atoms with Crippen molar-refractivity contribution in [2.75, 3.05) is 13.2 Å². The standard InChI is InChI=1S/C9H16N2O/c10-9(11-8-1-2-8)5-7-3-4-12-6-7/h7-8H,1-6H2,(H2,10,11). The summed E-state index contributed by atoms with van der Waals surface area (Å²) in [4.78, 5) is 4.39. The third-order valence-corrected chi connectivity index (χ3v) is 2.42. The normalized spacial score (nSPS) is 31.0. The maximum absolute atomic E-state index is 5.79. The Balaban J connectivity index is 1.76. The van der Waals surface area contributed by atoms with Crippen LogP contribution in [0.5, 0.6) is 0 Å². The van der Waals surface area contributed by atoms with Crippen molar-refractivity contribution in [3.05, 3.63) is 0 Å². The summed E-state index contributed by atoms with van der Waals surface area (Å²) in [6.07, 6.45) is 4.57. The number of nitrogens with zero attached hydrogens (tertiary/aromatic N) is 1. The van der Waals surface area contributed by atoms with Crippen LogP contribution in [-0.2, 0) is 4.74 Å². The summed E-state index contributed by atoms with van der Waals surface area (Å²) in [7, 11) is 0. The Hall–Kier alpha value is -0.570. The average molecular weight is 168 g/mol. The van der Waals surface area contributed by atoms with E-state index in [9.17, 15) is 0 Å². The lowest BCUT2D eigenvalue weighted by Crippen LogP contribution is -2.17. The van der Waals surface area contributed by atoms with Gasteiger partial charge in [0.15, 0.2) is 0 Å². The summed E-state index contributed by atoms with van der Waals surface area (Å²) >= 11 is 0. The van der Waals surface area contributed by atoms with Gasteiger partial charge >= 0.3 is 0 Å². The van der Waals surface area contributed by atoms with Crippen molar-refractivity contribution < 1.29 is 4.74 Å². The van der Waals surface area contributed by atoms with Crippen LogP contribution in [0.2, 0.25) is 0 Å². The fourth-order valence-electron chi connectivity index (χ4n) is 1.53. The first-order valence-corrected chi connectivity index (χ1v) is 4.74. The van der Waals surface area contributed by atoms with E-state index in [1.807, 2.05) is 0 Å². The SMILES string of the molecule is NC(CC1CCOC1)=NC1CC1. The number of rotatable bonds is 3. The van der Waals surface area contributed by atoms with Crippen LogP contribution in [-0.4, -0.2) is 25.1 Å². The molecular formula is C9H16N2O.